The molecule has 0 aliphatic carbocycles. The molecule has 1 aliphatic rings. The maximum absolute atomic E-state index is 6.23. The van der Waals surface area contributed by atoms with Crippen LogP contribution >= 0.6 is 0 Å². The number of nitrogens with one attached hydrogen (secondary N) is 1. The zero-order valence-corrected chi connectivity index (χ0v) is 19.0. The Hall–Kier alpha value is -2.87. The molecule has 1 aromatic carbocycles. The van der Waals surface area contributed by atoms with Crippen LogP contribution in [0, 0.1) is 0 Å². The molecule has 3 heterocycles. The van der Waals surface area contributed by atoms with Gasteiger partial charge in [-0.1, -0.05) is 26.0 Å². The summed E-state index contributed by atoms with van der Waals surface area (Å²) in [5.74, 6) is 1.74. The van der Waals surface area contributed by atoms with Gasteiger partial charge in [-0.25, -0.2) is 0 Å². The lowest BCUT2D eigenvalue weighted by atomic mass is 10.1. The van der Waals surface area contributed by atoms with Gasteiger partial charge in [-0.3, -0.25) is 0 Å². The van der Waals surface area contributed by atoms with Crippen LogP contribution in [-0.2, 0) is 0 Å². The topological polar surface area (TPSA) is 76.8 Å². The summed E-state index contributed by atoms with van der Waals surface area (Å²) in [5.41, 5.74) is 2.96. The summed E-state index contributed by atoms with van der Waals surface area (Å²) in [5, 5.41) is 8.06. The van der Waals surface area contributed by atoms with Crippen LogP contribution in [0.4, 0.5) is 5.95 Å². The third kappa shape index (κ3) is 4.74. The second-order valence-corrected chi connectivity index (χ2v) is 8.58. The van der Waals surface area contributed by atoms with E-state index in [0.717, 1.165) is 48.5 Å². The predicted octanol–water partition coefficient (Wildman–Crippen LogP) is 3.90. The SMILES string of the molecule is COc1cccc(C(C)Nc2nc(OC3CCN(C)CC3)nc3c(C(C)C)cnn23)c1. The van der Waals surface area contributed by atoms with Crippen molar-refractivity contribution >= 4 is 11.6 Å². The molecule has 1 aliphatic heterocycles. The molecule has 3 aromatic rings. The van der Waals surface area contributed by atoms with E-state index >= 15 is 0 Å². The second kappa shape index (κ2) is 9.09. The van der Waals surface area contributed by atoms with Crippen molar-refractivity contribution in [2.24, 2.45) is 0 Å². The van der Waals surface area contributed by atoms with Gasteiger partial charge in [-0.2, -0.15) is 19.6 Å². The van der Waals surface area contributed by atoms with Crippen molar-refractivity contribution in [3.8, 4) is 11.8 Å². The number of hydrogen-bond donors (Lipinski definition) is 1. The van der Waals surface area contributed by atoms with Gasteiger partial charge in [-0.15, -0.1) is 0 Å². The number of aromatic nitrogens is 4. The van der Waals surface area contributed by atoms with Crippen LogP contribution in [0.25, 0.3) is 5.65 Å². The first kappa shape index (κ1) is 21.4. The van der Waals surface area contributed by atoms with Crippen LogP contribution in [-0.4, -0.2) is 57.8 Å². The van der Waals surface area contributed by atoms with Crippen molar-refractivity contribution in [3.63, 3.8) is 0 Å². The largest absolute Gasteiger partial charge is 0.497 e. The van der Waals surface area contributed by atoms with Crippen LogP contribution in [0.2, 0.25) is 0 Å². The highest BCUT2D eigenvalue weighted by molar-refractivity contribution is 5.53. The number of fused-ring (bicyclic) bond motifs is 1. The van der Waals surface area contributed by atoms with E-state index in [9.17, 15) is 0 Å². The van der Waals surface area contributed by atoms with E-state index in [4.69, 9.17) is 19.4 Å². The van der Waals surface area contributed by atoms with Gasteiger partial charge in [0, 0.05) is 18.7 Å². The standard InChI is InChI=1S/C23H32N6O2/c1-15(2)20-14-24-29-21(20)26-23(31-18-9-11-28(4)12-10-18)27-22(29)25-16(3)17-7-6-8-19(13-17)30-5/h6-8,13-16,18H,9-12H2,1-5H3,(H,25,26,27). The summed E-state index contributed by atoms with van der Waals surface area (Å²) in [6, 6.07) is 8.42. The lowest BCUT2D eigenvalue weighted by Crippen LogP contribution is -2.36. The van der Waals surface area contributed by atoms with E-state index in [1.54, 1.807) is 11.6 Å². The van der Waals surface area contributed by atoms with Crippen LogP contribution in [0.15, 0.2) is 30.5 Å². The molecule has 0 amide bonds. The normalized spacial score (nSPS) is 16.6. The van der Waals surface area contributed by atoms with Crippen molar-refractivity contribution in [1.29, 1.82) is 0 Å². The summed E-state index contributed by atoms with van der Waals surface area (Å²) in [7, 11) is 3.82. The summed E-state index contributed by atoms with van der Waals surface area (Å²) in [4.78, 5) is 11.8. The van der Waals surface area contributed by atoms with Gasteiger partial charge in [0.05, 0.1) is 19.3 Å². The summed E-state index contributed by atoms with van der Waals surface area (Å²) < 4.78 is 13.4. The number of piperidine rings is 1. The molecular formula is C23H32N6O2. The van der Waals surface area contributed by atoms with Gasteiger partial charge < -0.3 is 19.7 Å². The maximum Gasteiger partial charge on any atom is 0.322 e. The highest BCUT2D eigenvalue weighted by atomic mass is 16.5. The maximum atomic E-state index is 6.23. The molecule has 4 rings (SSSR count). The fourth-order valence-electron chi connectivity index (χ4n) is 3.87. The zero-order chi connectivity index (χ0) is 22.0. The van der Waals surface area contributed by atoms with Crippen molar-refractivity contribution < 1.29 is 9.47 Å². The minimum atomic E-state index is -0.00363. The first-order chi connectivity index (χ1) is 14.9. The van der Waals surface area contributed by atoms with Gasteiger partial charge in [0.2, 0.25) is 5.95 Å². The molecule has 1 saturated heterocycles. The van der Waals surface area contributed by atoms with E-state index in [2.05, 4.69) is 49.2 Å². The molecule has 166 valence electrons. The highest BCUT2D eigenvalue weighted by Crippen LogP contribution is 2.27. The van der Waals surface area contributed by atoms with Gasteiger partial charge >= 0.3 is 6.01 Å². The molecule has 1 atom stereocenters. The Bertz CT molecular complexity index is 1030. The fraction of sp³-hybridized carbons (Fsp3) is 0.522. The van der Waals surface area contributed by atoms with Crippen LogP contribution in [0.1, 0.15) is 56.7 Å². The second-order valence-electron chi connectivity index (χ2n) is 8.58. The number of ether oxygens (including phenoxy) is 2. The Morgan fingerprint density at radius 3 is 2.61 bits per heavy atom. The first-order valence-electron chi connectivity index (χ1n) is 11.0. The zero-order valence-electron chi connectivity index (χ0n) is 19.0. The van der Waals surface area contributed by atoms with Gasteiger partial charge in [0.25, 0.3) is 0 Å². The van der Waals surface area contributed by atoms with Crippen molar-refractivity contribution in [1.82, 2.24) is 24.5 Å². The Labute approximate surface area is 183 Å². The highest BCUT2D eigenvalue weighted by Gasteiger charge is 2.22. The third-order valence-electron chi connectivity index (χ3n) is 5.87. The smallest absolute Gasteiger partial charge is 0.322 e. The minimum absolute atomic E-state index is 0.00363. The van der Waals surface area contributed by atoms with Gasteiger partial charge in [0.15, 0.2) is 5.65 Å². The summed E-state index contributed by atoms with van der Waals surface area (Å²) in [6.45, 7) is 8.42. The number of benzene rings is 1. The van der Waals surface area contributed by atoms with Crippen molar-refractivity contribution in [2.45, 2.75) is 51.7 Å². The molecule has 8 nitrogen and oxygen atoms in total. The molecule has 1 fully saturated rings. The Morgan fingerprint density at radius 2 is 1.90 bits per heavy atom. The molecule has 0 radical (unpaired) electrons. The van der Waals surface area contributed by atoms with Gasteiger partial charge in [0.1, 0.15) is 11.9 Å². The number of rotatable bonds is 7. The number of nitrogens with zero attached hydrogens (tertiary/aromatic N) is 5. The molecule has 0 spiro atoms. The molecule has 1 unspecified atom stereocenters. The molecule has 2 aromatic heterocycles. The lowest BCUT2D eigenvalue weighted by molar-refractivity contribution is 0.105. The predicted molar refractivity (Wildman–Crippen MR) is 121 cm³/mol. The molecule has 8 heteroatoms. The Kier molecular flexibility index (Phi) is 6.27. The summed E-state index contributed by atoms with van der Waals surface area (Å²) >= 11 is 0. The Balaban J connectivity index is 1.65. The van der Waals surface area contributed by atoms with E-state index < -0.39 is 0 Å². The van der Waals surface area contributed by atoms with Crippen LogP contribution in [0.3, 0.4) is 0 Å². The first-order valence-corrected chi connectivity index (χ1v) is 11.0. The molecule has 0 bridgehead atoms. The average molecular weight is 425 g/mol. The number of methoxy groups -OCH3 is 1. The Morgan fingerprint density at radius 1 is 1.13 bits per heavy atom. The molecule has 31 heavy (non-hydrogen) atoms. The van der Waals surface area contributed by atoms with Crippen molar-refractivity contribution in [3.05, 3.63) is 41.6 Å². The molecular weight excluding hydrogens is 392 g/mol. The van der Waals surface area contributed by atoms with E-state index in [0.29, 0.717) is 17.9 Å². The van der Waals surface area contributed by atoms with E-state index in [1.807, 2.05) is 24.4 Å². The van der Waals surface area contributed by atoms with E-state index in [-0.39, 0.29) is 12.1 Å². The minimum Gasteiger partial charge on any atom is -0.497 e. The number of anilines is 1. The average Bonchev–Trinajstić information content (AvgIpc) is 3.20. The van der Waals surface area contributed by atoms with E-state index in [1.165, 1.54) is 0 Å². The fourth-order valence-corrected chi connectivity index (χ4v) is 3.87. The summed E-state index contributed by atoms with van der Waals surface area (Å²) in [6.07, 6.45) is 3.96. The van der Waals surface area contributed by atoms with Crippen LogP contribution in [0.5, 0.6) is 11.8 Å². The van der Waals surface area contributed by atoms with Crippen LogP contribution < -0.4 is 14.8 Å². The quantitative estimate of drug-likeness (QED) is 0.616. The number of hydrogen-bond acceptors (Lipinski definition) is 7. The van der Waals surface area contributed by atoms with Crippen molar-refractivity contribution in [2.75, 3.05) is 32.6 Å². The third-order valence-corrected chi connectivity index (χ3v) is 5.87. The lowest BCUT2D eigenvalue weighted by Gasteiger charge is -2.28. The molecule has 0 saturated carbocycles. The monoisotopic (exact) mass is 424 g/mol. The number of likely N-dealkylation sites (tertiary alicyclic amines) is 1. The van der Waals surface area contributed by atoms with Gasteiger partial charge in [-0.05, 0) is 50.4 Å². The molecule has 1 N–H and O–H groups in total.